The summed E-state index contributed by atoms with van der Waals surface area (Å²) in [6.45, 7) is 0.763. The highest BCUT2D eigenvalue weighted by atomic mass is 35.5. The first-order valence-corrected chi connectivity index (χ1v) is 6.64. The van der Waals surface area contributed by atoms with Gasteiger partial charge < -0.3 is 5.32 Å². The number of carbonyl (C=O) groups is 1. The fraction of sp³-hybridized carbons (Fsp3) is 0.500. The number of hydrogen-bond donors (Lipinski definition) is 1. The van der Waals surface area contributed by atoms with E-state index < -0.39 is 0 Å². The number of benzene rings is 1. The van der Waals surface area contributed by atoms with E-state index in [2.05, 4.69) is 11.4 Å². The second-order valence-electron chi connectivity index (χ2n) is 5.18. The third kappa shape index (κ3) is 1.66. The zero-order valence-electron chi connectivity index (χ0n) is 9.71. The van der Waals surface area contributed by atoms with Gasteiger partial charge in [-0.3, -0.25) is 4.79 Å². The molecule has 1 amide bonds. The third-order valence-corrected chi connectivity index (χ3v) is 4.57. The Bertz CT molecular complexity index is 451. The number of rotatable bonds is 1. The van der Waals surface area contributed by atoms with Crippen LogP contribution >= 0.6 is 11.6 Å². The van der Waals surface area contributed by atoms with E-state index in [-0.39, 0.29) is 11.3 Å². The van der Waals surface area contributed by atoms with Gasteiger partial charge in [0.15, 0.2) is 0 Å². The Hall–Kier alpha value is -1.02. The van der Waals surface area contributed by atoms with E-state index in [1.807, 2.05) is 18.2 Å². The first-order valence-electron chi connectivity index (χ1n) is 6.26. The summed E-state index contributed by atoms with van der Waals surface area (Å²) in [4.78, 5) is 12.1. The van der Waals surface area contributed by atoms with Crippen molar-refractivity contribution in [3.05, 3.63) is 34.9 Å². The number of amides is 1. The van der Waals surface area contributed by atoms with Crippen LogP contribution in [0.15, 0.2) is 24.3 Å². The van der Waals surface area contributed by atoms with E-state index in [0.717, 1.165) is 24.4 Å². The molecule has 0 bridgehead atoms. The summed E-state index contributed by atoms with van der Waals surface area (Å²) in [6.07, 6.45) is 4.39. The van der Waals surface area contributed by atoms with E-state index >= 15 is 0 Å². The van der Waals surface area contributed by atoms with Gasteiger partial charge in [0, 0.05) is 17.5 Å². The molecule has 2 fully saturated rings. The highest BCUT2D eigenvalue weighted by Gasteiger charge is 2.51. The molecule has 1 aromatic rings. The first kappa shape index (κ1) is 11.1. The lowest BCUT2D eigenvalue weighted by molar-refractivity contribution is -0.127. The van der Waals surface area contributed by atoms with Gasteiger partial charge in [-0.15, -0.1) is 0 Å². The Kier molecular flexibility index (Phi) is 2.62. The SMILES string of the molecule is O=C1NCC(c2cccc(Cl)c2)C12CCCC2. The minimum absolute atomic E-state index is 0.148. The molecule has 1 heterocycles. The largest absolute Gasteiger partial charge is 0.355 e. The van der Waals surface area contributed by atoms with Crippen molar-refractivity contribution in [3.8, 4) is 0 Å². The molecule has 3 rings (SSSR count). The van der Waals surface area contributed by atoms with Crippen LogP contribution in [0.3, 0.4) is 0 Å². The van der Waals surface area contributed by atoms with Crippen LogP contribution in [0.2, 0.25) is 5.02 Å². The van der Waals surface area contributed by atoms with Gasteiger partial charge >= 0.3 is 0 Å². The molecule has 90 valence electrons. The Morgan fingerprint density at radius 3 is 2.76 bits per heavy atom. The molecule has 2 aliphatic rings. The van der Waals surface area contributed by atoms with E-state index in [0.29, 0.717) is 5.92 Å². The first-order chi connectivity index (χ1) is 8.22. The molecule has 2 nitrogen and oxygen atoms in total. The van der Waals surface area contributed by atoms with Gasteiger partial charge in [0.05, 0.1) is 5.41 Å². The van der Waals surface area contributed by atoms with Gasteiger partial charge in [-0.25, -0.2) is 0 Å². The molecular formula is C14H16ClNO. The molecule has 1 saturated heterocycles. The van der Waals surface area contributed by atoms with Gasteiger partial charge in [-0.2, -0.15) is 0 Å². The predicted octanol–water partition coefficient (Wildman–Crippen LogP) is 3.11. The van der Waals surface area contributed by atoms with E-state index in [9.17, 15) is 4.79 Å². The second-order valence-corrected chi connectivity index (χ2v) is 5.62. The van der Waals surface area contributed by atoms with E-state index in [1.165, 1.54) is 18.4 Å². The van der Waals surface area contributed by atoms with Crippen LogP contribution < -0.4 is 5.32 Å². The fourth-order valence-electron chi connectivity index (χ4n) is 3.47. The zero-order valence-corrected chi connectivity index (χ0v) is 10.5. The Morgan fingerprint density at radius 1 is 1.29 bits per heavy atom. The molecule has 1 atom stereocenters. The monoisotopic (exact) mass is 249 g/mol. The number of hydrogen-bond acceptors (Lipinski definition) is 1. The topological polar surface area (TPSA) is 29.1 Å². The fourth-order valence-corrected chi connectivity index (χ4v) is 3.66. The van der Waals surface area contributed by atoms with E-state index in [4.69, 9.17) is 11.6 Å². The zero-order chi connectivity index (χ0) is 11.9. The van der Waals surface area contributed by atoms with Gasteiger partial charge in [0.2, 0.25) is 5.91 Å². The molecule has 1 aliphatic heterocycles. The van der Waals surface area contributed by atoms with Crippen molar-refractivity contribution in [2.75, 3.05) is 6.54 Å². The van der Waals surface area contributed by atoms with Crippen LogP contribution in [0, 0.1) is 5.41 Å². The van der Waals surface area contributed by atoms with Crippen molar-refractivity contribution in [2.45, 2.75) is 31.6 Å². The van der Waals surface area contributed by atoms with Gasteiger partial charge in [0.1, 0.15) is 0 Å². The molecule has 1 unspecified atom stereocenters. The van der Waals surface area contributed by atoms with Crippen molar-refractivity contribution in [2.24, 2.45) is 5.41 Å². The van der Waals surface area contributed by atoms with E-state index in [1.54, 1.807) is 0 Å². The van der Waals surface area contributed by atoms with Crippen LogP contribution in [0.1, 0.15) is 37.2 Å². The molecule has 1 aliphatic carbocycles. The van der Waals surface area contributed by atoms with Crippen LogP contribution in [0.5, 0.6) is 0 Å². The lowest BCUT2D eigenvalue weighted by Crippen LogP contribution is -2.31. The van der Waals surface area contributed by atoms with Crippen LogP contribution in [0.4, 0.5) is 0 Å². The molecular weight excluding hydrogens is 234 g/mol. The average molecular weight is 250 g/mol. The molecule has 0 aromatic heterocycles. The molecule has 1 saturated carbocycles. The molecule has 3 heteroatoms. The molecule has 1 spiro atoms. The summed E-state index contributed by atoms with van der Waals surface area (Å²) < 4.78 is 0. The minimum Gasteiger partial charge on any atom is -0.355 e. The van der Waals surface area contributed by atoms with Crippen molar-refractivity contribution in [3.63, 3.8) is 0 Å². The van der Waals surface area contributed by atoms with Crippen molar-refractivity contribution < 1.29 is 4.79 Å². The number of halogens is 1. The molecule has 1 aromatic carbocycles. The smallest absolute Gasteiger partial charge is 0.226 e. The lowest BCUT2D eigenvalue weighted by Gasteiger charge is -2.28. The summed E-state index contributed by atoms with van der Waals surface area (Å²) in [7, 11) is 0. The average Bonchev–Trinajstić information content (AvgIpc) is 2.90. The minimum atomic E-state index is -0.148. The summed E-state index contributed by atoms with van der Waals surface area (Å²) in [5, 5.41) is 3.80. The van der Waals surface area contributed by atoms with Crippen LogP contribution in [0.25, 0.3) is 0 Å². The molecule has 17 heavy (non-hydrogen) atoms. The Morgan fingerprint density at radius 2 is 2.06 bits per heavy atom. The molecule has 0 radical (unpaired) electrons. The van der Waals surface area contributed by atoms with Gasteiger partial charge in [-0.05, 0) is 30.5 Å². The van der Waals surface area contributed by atoms with Gasteiger partial charge in [0.25, 0.3) is 0 Å². The van der Waals surface area contributed by atoms with Crippen molar-refractivity contribution >= 4 is 17.5 Å². The quantitative estimate of drug-likeness (QED) is 0.814. The summed E-state index contributed by atoms with van der Waals surface area (Å²) in [5.74, 6) is 0.552. The van der Waals surface area contributed by atoms with Crippen molar-refractivity contribution in [1.29, 1.82) is 0 Å². The number of nitrogens with one attached hydrogen (secondary N) is 1. The Labute approximate surface area is 106 Å². The highest BCUT2D eigenvalue weighted by Crippen LogP contribution is 2.51. The van der Waals surface area contributed by atoms with Gasteiger partial charge in [-0.1, -0.05) is 36.6 Å². The summed E-state index contributed by atoms with van der Waals surface area (Å²) in [5.41, 5.74) is 1.06. The van der Waals surface area contributed by atoms with Crippen LogP contribution in [-0.2, 0) is 4.79 Å². The lowest BCUT2D eigenvalue weighted by atomic mass is 9.73. The Balaban J connectivity index is 2.00. The summed E-state index contributed by atoms with van der Waals surface area (Å²) in [6, 6.07) is 7.96. The second kappa shape index (κ2) is 4.02. The number of carbonyl (C=O) groups excluding carboxylic acids is 1. The standard InChI is InChI=1S/C14H16ClNO/c15-11-5-3-4-10(8-11)12-9-16-13(17)14(12)6-1-2-7-14/h3-5,8,12H,1-2,6-7,9H2,(H,16,17). The van der Waals surface area contributed by atoms with Crippen molar-refractivity contribution in [1.82, 2.24) is 5.32 Å². The maximum atomic E-state index is 12.1. The normalized spacial score (nSPS) is 26.4. The predicted molar refractivity (Wildman–Crippen MR) is 68.1 cm³/mol. The maximum Gasteiger partial charge on any atom is 0.226 e. The van der Waals surface area contributed by atoms with Crippen LogP contribution in [-0.4, -0.2) is 12.5 Å². The molecule has 1 N–H and O–H groups in total. The highest BCUT2D eigenvalue weighted by molar-refractivity contribution is 6.30. The maximum absolute atomic E-state index is 12.1. The summed E-state index contributed by atoms with van der Waals surface area (Å²) >= 11 is 6.05. The third-order valence-electron chi connectivity index (χ3n) is 4.33.